The number of methoxy groups -OCH3 is 1. The van der Waals surface area contributed by atoms with Crippen LogP contribution in [0.3, 0.4) is 0 Å². The summed E-state index contributed by atoms with van der Waals surface area (Å²) in [5.41, 5.74) is 0.917. The summed E-state index contributed by atoms with van der Waals surface area (Å²) in [5.74, 6) is 1.72. The van der Waals surface area contributed by atoms with Gasteiger partial charge >= 0.3 is 0 Å². The Labute approximate surface area is 156 Å². The molecule has 1 heterocycles. The molecule has 0 aliphatic heterocycles. The Kier molecular flexibility index (Phi) is 7.01. The molecule has 0 saturated carbocycles. The molecule has 0 saturated heterocycles. The number of para-hydroxylation sites is 2. The quantitative estimate of drug-likeness (QED) is 0.588. The van der Waals surface area contributed by atoms with Gasteiger partial charge in [0.05, 0.1) is 12.8 Å². The lowest BCUT2D eigenvalue weighted by atomic mass is 10.3. The third-order valence-electron chi connectivity index (χ3n) is 3.47. The molecule has 1 aromatic heterocycles. The summed E-state index contributed by atoms with van der Waals surface area (Å²) in [6, 6.07) is 15.8. The van der Waals surface area contributed by atoms with E-state index in [2.05, 4.69) is 10.3 Å². The Bertz CT molecular complexity index is 882. The second-order valence-corrected chi connectivity index (χ2v) is 5.21. The maximum absolute atomic E-state index is 10.2. The van der Waals surface area contributed by atoms with Crippen LogP contribution in [0.5, 0.6) is 28.7 Å². The van der Waals surface area contributed by atoms with E-state index in [1.807, 2.05) is 31.3 Å². The molecule has 0 spiro atoms. The predicted molar refractivity (Wildman–Crippen MR) is 102 cm³/mol. The van der Waals surface area contributed by atoms with Crippen molar-refractivity contribution < 1.29 is 24.5 Å². The van der Waals surface area contributed by atoms with E-state index in [4.69, 9.17) is 14.6 Å². The number of phenols is 1. The average Bonchev–Trinajstić information content (AvgIpc) is 2.71. The van der Waals surface area contributed by atoms with Crippen molar-refractivity contribution in [3.63, 3.8) is 0 Å². The molecule has 3 N–H and O–H groups in total. The largest absolute Gasteiger partial charge is 0.508 e. The van der Waals surface area contributed by atoms with Crippen molar-refractivity contribution in [1.29, 1.82) is 0 Å². The zero-order chi connectivity index (χ0) is 19.6. The number of nitrogens with zero attached hydrogens (tertiary/aromatic N) is 1. The lowest BCUT2D eigenvalue weighted by Crippen LogP contribution is -1.92. The number of rotatable bonds is 5. The van der Waals surface area contributed by atoms with Gasteiger partial charge in [0.1, 0.15) is 22.9 Å². The lowest BCUT2D eigenvalue weighted by molar-refractivity contribution is 0.111. The number of carbonyl (C=O) groups is 1. The van der Waals surface area contributed by atoms with Gasteiger partial charge in [0.15, 0.2) is 17.8 Å². The van der Waals surface area contributed by atoms with Crippen LogP contribution in [0.1, 0.15) is 10.5 Å². The van der Waals surface area contributed by atoms with E-state index in [9.17, 15) is 9.90 Å². The van der Waals surface area contributed by atoms with Gasteiger partial charge in [0.2, 0.25) is 0 Å². The van der Waals surface area contributed by atoms with E-state index in [1.54, 1.807) is 24.3 Å². The van der Waals surface area contributed by atoms with Crippen molar-refractivity contribution >= 4 is 12.0 Å². The molecular weight excluding hydrogens is 348 g/mol. The molecule has 140 valence electrons. The van der Waals surface area contributed by atoms with Crippen LogP contribution in [0.2, 0.25) is 0 Å². The first-order chi connectivity index (χ1) is 13.1. The number of hydrogen-bond acceptors (Lipinski definition) is 7. The second-order valence-electron chi connectivity index (χ2n) is 5.21. The fraction of sp³-hybridized carbons (Fsp3) is 0.100. The molecule has 3 aromatic rings. The highest BCUT2D eigenvalue weighted by Crippen LogP contribution is 2.29. The zero-order valence-corrected chi connectivity index (χ0v) is 14.9. The molecule has 0 radical (unpaired) electrons. The Morgan fingerprint density at radius 1 is 1.00 bits per heavy atom. The van der Waals surface area contributed by atoms with Gasteiger partial charge in [-0.3, -0.25) is 4.79 Å². The minimum absolute atomic E-state index is 0.00986. The summed E-state index contributed by atoms with van der Waals surface area (Å²) in [6.45, 7) is 0. The summed E-state index contributed by atoms with van der Waals surface area (Å²) >= 11 is 0. The fourth-order valence-corrected chi connectivity index (χ4v) is 2.11. The van der Waals surface area contributed by atoms with E-state index in [0.29, 0.717) is 12.0 Å². The molecule has 2 aromatic carbocycles. The van der Waals surface area contributed by atoms with Crippen LogP contribution in [-0.2, 0) is 0 Å². The van der Waals surface area contributed by atoms with Crippen molar-refractivity contribution in [2.45, 2.75) is 0 Å². The van der Waals surface area contributed by atoms with Gasteiger partial charge < -0.3 is 25.0 Å². The first-order valence-corrected chi connectivity index (χ1v) is 7.99. The number of benzene rings is 2. The first kappa shape index (κ1) is 19.6. The first-order valence-electron chi connectivity index (χ1n) is 7.99. The van der Waals surface area contributed by atoms with Gasteiger partial charge in [-0.2, -0.15) is 0 Å². The number of phenolic OH excluding ortho intramolecular Hbond substituents is 1. The van der Waals surface area contributed by atoms with Crippen LogP contribution in [0, 0.1) is 0 Å². The monoisotopic (exact) mass is 368 g/mol. The maximum Gasteiger partial charge on any atom is 0.187 e. The molecule has 7 nitrogen and oxygen atoms in total. The SMILES string of the molecule is CNc1ccccc1Oc1ccc(O)cc1.COc1ccnc(C=O)c1O. The number of pyridine rings is 1. The fourth-order valence-electron chi connectivity index (χ4n) is 2.11. The van der Waals surface area contributed by atoms with E-state index in [-0.39, 0.29) is 22.9 Å². The lowest BCUT2D eigenvalue weighted by Gasteiger charge is -2.10. The smallest absolute Gasteiger partial charge is 0.187 e. The van der Waals surface area contributed by atoms with Gasteiger partial charge in [0, 0.05) is 19.3 Å². The van der Waals surface area contributed by atoms with Crippen LogP contribution in [0.25, 0.3) is 0 Å². The van der Waals surface area contributed by atoms with E-state index >= 15 is 0 Å². The zero-order valence-electron chi connectivity index (χ0n) is 14.9. The van der Waals surface area contributed by atoms with E-state index in [0.717, 1.165) is 11.4 Å². The average molecular weight is 368 g/mol. The van der Waals surface area contributed by atoms with Crippen LogP contribution in [0.15, 0.2) is 60.8 Å². The molecule has 3 rings (SSSR count). The van der Waals surface area contributed by atoms with Crippen molar-refractivity contribution in [2.24, 2.45) is 0 Å². The minimum atomic E-state index is -0.218. The number of ether oxygens (including phenoxy) is 2. The molecule has 0 amide bonds. The number of carbonyl (C=O) groups excluding carboxylic acids is 1. The van der Waals surface area contributed by atoms with Gasteiger partial charge in [-0.25, -0.2) is 4.98 Å². The van der Waals surface area contributed by atoms with Gasteiger partial charge in [-0.05, 0) is 36.4 Å². The standard InChI is InChI=1S/C13H13NO2.C7H7NO3/c1-14-12-4-2-3-5-13(12)16-11-8-6-10(15)7-9-11;1-11-6-2-3-8-5(4-9)7(6)10/h2-9,14-15H,1H3;2-4,10H,1H3. The third kappa shape index (κ3) is 5.37. The number of anilines is 1. The third-order valence-corrected chi connectivity index (χ3v) is 3.47. The molecule has 7 heteroatoms. The number of aldehydes is 1. The van der Waals surface area contributed by atoms with Gasteiger partial charge in [0.25, 0.3) is 0 Å². The molecule has 0 aliphatic carbocycles. The van der Waals surface area contributed by atoms with Crippen molar-refractivity contribution in [3.8, 4) is 28.7 Å². The summed E-state index contributed by atoms with van der Waals surface area (Å²) in [5, 5.41) is 21.4. The van der Waals surface area contributed by atoms with Crippen molar-refractivity contribution in [2.75, 3.05) is 19.5 Å². The second kappa shape index (κ2) is 9.67. The highest BCUT2D eigenvalue weighted by atomic mass is 16.5. The number of aromatic nitrogens is 1. The van der Waals surface area contributed by atoms with Crippen molar-refractivity contribution in [1.82, 2.24) is 4.98 Å². The minimum Gasteiger partial charge on any atom is -0.508 e. The predicted octanol–water partition coefficient (Wildman–Crippen LogP) is 3.83. The highest BCUT2D eigenvalue weighted by Gasteiger charge is 2.06. The Morgan fingerprint density at radius 3 is 2.33 bits per heavy atom. The molecule has 27 heavy (non-hydrogen) atoms. The Hall–Kier alpha value is -3.74. The van der Waals surface area contributed by atoms with Crippen LogP contribution in [0.4, 0.5) is 5.69 Å². The maximum atomic E-state index is 10.2. The number of nitrogens with one attached hydrogen (secondary N) is 1. The van der Waals surface area contributed by atoms with Crippen molar-refractivity contribution in [3.05, 3.63) is 66.5 Å². The van der Waals surface area contributed by atoms with E-state index in [1.165, 1.54) is 19.4 Å². The Morgan fingerprint density at radius 2 is 1.70 bits per heavy atom. The number of aromatic hydroxyl groups is 2. The number of hydrogen-bond donors (Lipinski definition) is 3. The molecule has 0 fully saturated rings. The normalized spacial score (nSPS) is 9.56. The molecule has 0 unspecified atom stereocenters. The molecule has 0 atom stereocenters. The van der Waals surface area contributed by atoms with Crippen LogP contribution < -0.4 is 14.8 Å². The Balaban J connectivity index is 0.000000208. The molecule has 0 aliphatic rings. The molecule has 0 bridgehead atoms. The van der Waals surface area contributed by atoms with Crippen LogP contribution >= 0.6 is 0 Å². The van der Waals surface area contributed by atoms with Gasteiger partial charge in [-0.1, -0.05) is 12.1 Å². The highest BCUT2D eigenvalue weighted by molar-refractivity contribution is 5.77. The summed E-state index contributed by atoms with van der Waals surface area (Å²) in [4.78, 5) is 13.8. The summed E-state index contributed by atoms with van der Waals surface area (Å²) < 4.78 is 10.4. The topological polar surface area (TPSA) is 101 Å². The summed E-state index contributed by atoms with van der Waals surface area (Å²) in [6.07, 6.45) is 1.86. The van der Waals surface area contributed by atoms with Gasteiger partial charge in [-0.15, -0.1) is 0 Å². The van der Waals surface area contributed by atoms with Crippen LogP contribution in [-0.4, -0.2) is 35.6 Å². The summed E-state index contributed by atoms with van der Waals surface area (Å²) in [7, 11) is 3.25. The van der Waals surface area contributed by atoms with E-state index < -0.39 is 0 Å². The molecular formula is C20H20N2O5.